The molecule has 1 aromatic rings. The SMILES string of the molecule is COc1cc(OC)c2c(c1)C(=O)N(CCCOC(C)C)C2C#N. The van der Waals surface area contributed by atoms with Gasteiger partial charge in [-0.15, -0.1) is 0 Å². The first-order chi connectivity index (χ1) is 11.0. The molecule has 6 heteroatoms. The van der Waals surface area contributed by atoms with Crippen LogP contribution in [0.2, 0.25) is 0 Å². The van der Waals surface area contributed by atoms with Crippen molar-refractivity contribution in [2.24, 2.45) is 0 Å². The number of amides is 1. The number of benzene rings is 1. The fourth-order valence-electron chi connectivity index (χ4n) is 2.69. The molecular formula is C17H22N2O4. The highest BCUT2D eigenvalue weighted by atomic mass is 16.5. The van der Waals surface area contributed by atoms with Crippen molar-refractivity contribution < 1.29 is 19.0 Å². The van der Waals surface area contributed by atoms with Crippen LogP contribution in [-0.4, -0.2) is 44.3 Å². The summed E-state index contributed by atoms with van der Waals surface area (Å²) >= 11 is 0. The van der Waals surface area contributed by atoms with E-state index in [0.29, 0.717) is 42.2 Å². The zero-order valence-electron chi connectivity index (χ0n) is 14.0. The minimum atomic E-state index is -0.641. The highest BCUT2D eigenvalue weighted by molar-refractivity contribution is 6.01. The first-order valence-electron chi connectivity index (χ1n) is 7.61. The van der Waals surface area contributed by atoms with E-state index in [1.54, 1.807) is 17.0 Å². The molecule has 0 radical (unpaired) electrons. The van der Waals surface area contributed by atoms with Crippen molar-refractivity contribution in [1.29, 1.82) is 5.26 Å². The number of hydrogen-bond acceptors (Lipinski definition) is 5. The molecular weight excluding hydrogens is 296 g/mol. The maximum atomic E-state index is 12.7. The first kappa shape index (κ1) is 17.1. The third-order valence-corrected chi connectivity index (χ3v) is 3.76. The van der Waals surface area contributed by atoms with Gasteiger partial charge in [0.15, 0.2) is 0 Å². The fourth-order valence-corrected chi connectivity index (χ4v) is 2.69. The van der Waals surface area contributed by atoms with Gasteiger partial charge in [-0.1, -0.05) is 0 Å². The summed E-state index contributed by atoms with van der Waals surface area (Å²) in [7, 11) is 3.05. The monoisotopic (exact) mass is 318 g/mol. The van der Waals surface area contributed by atoms with Gasteiger partial charge in [0.1, 0.15) is 17.5 Å². The van der Waals surface area contributed by atoms with Crippen molar-refractivity contribution in [2.45, 2.75) is 32.4 Å². The maximum Gasteiger partial charge on any atom is 0.255 e. The van der Waals surface area contributed by atoms with E-state index in [2.05, 4.69) is 6.07 Å². The molecule has 0 aromatic heterocycles. The molecule has 0 N–H and O–H groups in total. The quantitative estimate of drug-likeness (QED) is 0.722. The minimum Gasteiger partial charge on any atom is -0.497 e. The van der Waals surface area contributed by atoms with Crippen LogP contribution in [0.1, 0.15) is 42.2 Å². The average molecular weight is 318 g/mol. The second-order valence-electron chi connectivity index (χ2n) is 5.59. The van der Waals surface area contributed by atoms with Crippen molar-refractivity contribution in [2.75, 3.05) is 27.4 Å². The molecule has 0 aliphatic carbocycles. The van der Waals surface area contributed by atoms with Crippen LogP contribution in [0.4, 0.5) is 0 Å². The van der Waals surface area contributed by atoms with Crippen LogP contribution in [0.5, 0.6) is 11.5 Å². The zero-order chi connectivity index (χ0) is 17.0. The van der Waals surface area contributed by atoms with Gasteiger partial charge in [-0.2, -0.15) is 5.26 Å². The van der Waals surface area contributed by atoms with Crippen LogP contribution in [0, 0.1) is 11.3 Å². The summed E-state index contributed by atoms with van der Waals surface area (Å²) in [6, 6.07) is 4.92. The number of ether oxygens (including phenoxy) is 3. The lowest BCUT2D eigenvalue weighted by molar-refractivity contribution is 0.0611. The van der Waals surface area contributed by atoms with E-state index in [0.717, 1.165) is 0 Å². The molecule has 0 spiro atoms. The number of nitriles is 1. The van der Waals surface area contributed by atoms with E-state index < -0.39 is 6.04 Å². The van der Waals surface area contributed by atoms with E-state index in [-0.39, 0.29) is 12.0 Å². The fraction of sp³-hybridized carbons (Fsp3) is 0.529. The van der Waals surface area contributed by atoms with E-state index in [4.69, 9.17) is 14.2 Å². The molecule has 0 bridgehead atoms. The van der Waals surface area contributed by atoms with Crippen LogP contribution < -0.4 is 9.47 Å². The first-order valence-corrected chi connectivity index (χ1v) is 7.61. The van der Waals surface area contributed by atoms with Crippen LogP contribution >= 0.6 is 0 Å². The lowest BCUT2D eigenvalue weighted by Crippen LogP contribution is -2.29. The predicted molar refractivity (Wildman–Crippen MR) is 84.6 cm³/mol. The molecule has 2 rings (SSSR count). The van der Waals surface area contributed by atoms with Crippen molar-refractivity contribution >= 4 is 5.91 Å². The number of carbonyl (C=O) groups excluding carboxylic acids is 1. The summed E-state index contributed by atoms with van der Waals surface area (Å²) in [5.74, 6) is 0.865. The number of rotatable bonds is 7. The van der Waals surface area contributed by atoms with Crippen LogP contribution in [-0.2, 0) is 4.74 Å². The van der Waals surface area contributed by atoms with Crippen molar-refractivity contribution in [1.82, 2.24) is 4.90 Å². The van der Waals surface area contributed by atoms with Crippen LogP contribution in [0.15, 0.2) is 12.1 Å². The number of methoxy groups -OCH3 is 2. The summed E-state index contributed by atoms with van der Waals surface area (Å²) in [5.41, 5.74) is 1.09. The molecule has 23 heavy (non-hydrogen) atoms. The molecule has 0 saturated heterocycles. The molecule has 6 nitrogen and oxygen atoms in total. The van der Waals surface area contributed by atoms with E-state index >= 15 is 0 Å². The molecule has 1 amide bonds. The Labute approximate surface area is 136 Å². The van der Waals surface area contributed by atoms with Crippen LogP contribution in [0.25, 0.3) is 0 Å². The standard InChI is InChI=1S/C17H22N2O4/c1-11(2)23-7-5-6-19-14(10-18)16-13(17(19)20)8-12(21-3)9-15(16)22-4/h8-9,11,14H,5-7H2,1-4H3. The number of hydrogen-bond donors (Lipinski definition) is 0. The van der Waals surface area contributed by atoms with Crippen molar-refractivity contribution in [3.8, 4) is 17.6 Å². The summed E-state index contributed by atoms with van der Waals surface area (Å²) in [5, 5.41) is 9.53. The number of fused-ring (bicyclic) bond motifs is 1. The summed E-state index contributed by atoms with van der Waals surface area (Å²) in [4.78, 5) is 14.2. The molecule has 1 aliphatic rings. The van der Waals surface area contributed by atoms with Gasteiger partial charge in [-0.25, -0.2) is 0 Å². The Morgan fingerprint density at radius 1 is 1.30 bits per heavy atom. The molecule has 1 aromatic carbocycles. The van der Waals surface area contributed by atoms with E-state index in [9.17, 15) is 10.1 Å². The normalized spacial score (nSPS) is 16.4. The molecule has 124 valence electrons. The zero-order valence-corrected chi connectivity index (χ0v) is 14.0. The second kappa shape index (κ2) is 7.34. The van der Waals surface area contributed by atoms with Crippen molar-refractivity contribution in [3.63, 3.8) is 0 Å². The largest absolute Gasteiger partial charge is 0.497 e. The van der Waals surface area contributed by atoms with Gasteiger partial charge in [-0.05, 0) is 26.3 Å². The summed E-state index contributed by atoms with van der Waals surface area (Å²) in [6.45, 7) is 4.94. The lowest BCUT2D eigenvalue weighted by Gasteiger charge is -2.20. The average Bonchev–Trinajstić information content (AvgIpc) is 2.82. The summed E-state index contributed by atoms with van der Waals surface area (Å²) in [6.07, 6.45) is 0.827. The second-order valence-corrected chi connectivity index (χ2v) is 5.59. The van der Waals surface area contributed by atoms with Gasteiger partial charge < -0.3 is 19.1 Å². The molecule has 1 aliphatic heterocycles. The molecule has 0 saturated carbocycles. The third kappa shape index (κ3) is 3.40. The van der Waals surface area contributed by atoms with E-state index in [1.165, 1.54) is 14.2 Å². The Bertz CT molecular complexity index is 622. The van der Waals surface area contributed by atoms with Gasteiger partial charge in [-0.3, -0.25) is 4.79 Å². The Morgan fingerprint density at radius 2 is 2.04 bits per heavy atom. The highest BCUT2D eigenvalue weighted by Gasteiger charge is 2.39. The lowest BCUT2D eigenvalue weighted by atomic mass is 10.0. The van der Waals surface area contributed by atoms with Gasteiger partial charge in [0, 0.05) is 24.8 Å². The Morgan fingerprint density at radius 3 is 2.61 bits per heavy atom. The van der Waals surface area contributed by atoms with Gasteiger partial charge >= 0.3 is 0 Å². The van der Waals surface area contributed by atoms with Gasteiger partial charge in [0.2, 0.25) is 0 Å². The Hall–Kier alpha value is -2.26. The van der Waals surface area contributed by atoms with Gasteiger partial charge in [0.25, 0.3) is 5.91 Å². The van der Waals surface area contributed by atoms with Crippen molar-refractivity contribution in [3.05, 3.63) is 23.3 Å². The highest BCUT2D eigenvalue weighted by Crippen LogP contribution is 2.41. The topological polar surface area (TPSA) is 71.8 Å². The molecule has 0 fully saturated rings. The Balaban J connectivity index is 2.24. The smallest absolute Gasteiger partial charge is 0.255 e. The minimum absolute atomic E-state index is 0.151. The predicted octanol–water partition coefficient (Wildman–Crippen LogP) is 2.54. The van der Waals surface area contributed by atoms with Crippen LogP contribution in [0.3, 0.4) is 0 Å². The number of carbonyl (C=O) groups is 1. The maximum absolute atomic E-state index is 12.7. The van der Waals surface area contributed by atoms with E-state index in [1.807, 2.05) is 13.8 Å². The molecule has 1 unspecified atom stereocenters. The summed E-state index contributed by atoms with van der Waals surface area (Å²) < 4.78 is 16.1. The van der Waals surface area contributed by atoms with Gasteiger partial charge in [0.05, 0.1) is 32.0 Å². The molecule has 1 heterocycles. The number of nitrogens with zero attached hydrogens (tertiary/aromatic N) is 2. The Kier molecular flexibility index (Phi) is 5.45. The third-order valence-electron chi connectivity index (χ3n) is 3.76. The molecule has 1 atom stereocenters.